The molecule has 1 fully saturated rings. The number of hydrogen-bond acceptors (Lipinski definition) is 4. The van der Waals surface area contributed by atoms with E-state index >= 15 is 0 Å². The first kappa shape index (κ1) is 14.2. The highest BCUT2D eigenvalue weighted by Gasteiger charge is 2.35. The molecule has 1 atom stereocenters. The van der Waals surface area contributed by atoms with Crippen molar-refractivity contribution in [2.75, 3.05) is 13.1 Å². The maximum Gasteiger partial charge on any atom is 0.209 e. The molecule has 0 amide bonds. The van der Waals surface area contributed by atoms with Gasteiger partial charge in [-0.05, 0) is 55.5 Å². The van der Waals surface area contributed by atoms with Gasteiger partial charge in [-0.1, -0.05) is 18.2 Å². The van der Waals surface area contributed by atoms with Crippen LogP contribution in [0.5, 0.6) is 0 Å². The number of hydrogen-bond donors (Lipinski definition) is 0. The molecule has 1 aliphatic heterocycles. The first-order chi connectivity index (χ1) is 10.8. The molecule has 1 spiro atoms. The largest absolute Gasteiger partial charge is 0.438 e. The highest BCUT2D eigenvalue weighted by atomic mass is 32.1. The summed E-state index contributed by atoms with van der Waals surface area (Å²) in [6, 6.07) is 4.13. The number of rotatable bonds is 3. The predicted molar refractivity (Wildman–Crippen MR) is 89.8 cm³/mol. The van der Waals surface area contributed by atoms with Gasteiger partial charge >= 0.3 is 0 Å². The van der Waals surface area contributed by atoms with Crippen molar-refractivity contribution >= 4 is 11.3 Å². The third-order valence-corrected chi connectivity index (χ3v) is 5.86. The SMILES string of the molecule is C1=CC[C@]2(CC1)CCCN(Cc1ncc(-c3cccs3)o1)C2. The molecule has 2 aromatic heterocycles. The van der Waals surface area contributed by atoms with E-state index in [4.69, 9.17) is 4.42 Å². The summed E-state index contributed by atoms with van der Waals surface area (Å²) in [7, 11) is 0. The van der Waals surface area contributed by atoms with Gasteiger partial charge in [-0.25, -0.2) is 4.98 Å². The summed E-state index contributed by atoms with van der Waals surface area (Å²) in [5.74, 6) is 1.75. The fourth-order valence-corrected chi connectivity index (χ4v) is 4.54. The molecule has 4 heteroatoms. The number of thiophene rings is 1. The van der Waals surface area contributed by atoms with E-state index in [2.05, 4.69) is 33.5 Å². The summed E-state index contributed by atoms with van der Waals surface area (Å²) in [6.07, 6.45) is 13.1. The molecule has 0 unspecified atom stereocenters. The van der Waals surface area contributed by atoms with Crippen LogP contribution in [0.15, 0.2) is 40.3 Å². The Kier molecular flexibility index (Phi) is 3.89. The molecule has 0 N–H and O–H groups in total. The quantitative estimate of drug-likeness (QED) is 0.767. The first-order valence-electron chi connectivity index (χ1n) is 8.19. The Hall–Kier alpha value is -1.39. The van der Waals surface area contributed by atoms with Gasteiger partial charge in [-0.3, -0.25) is 4.90 Å². The minimum atomic E-state index is 0.510. The van der Waals surface area contributed by atoms with Gasteiger partial charge in [0.2, 0.25) is 5.89 Å². The average Bonchev–Trinajstić information content (AvgIpc) is 3.19. The molecule has 0 saturated carbocycles. The van der Waals surface area contributed by atoms with E-state index in [1.165, 1.54) is 45.2 Å². The Morgan fingerprint density at radius 3 is 3.14 bits per heavy atom. The molecule has 1 aliphatic carbocycles. The van der Waals surface area contributed by atoms with Gasteiger partial charge in [-0.15, -0.1) is 11.3 Å². The maximum absolute atomic E-state index is 5.95. The maximum atomic E-state index is 5.95. The van der Waals surface area contributed by atoms with Gasteiger partial charge in [0.05, 0.1) is 17.6 Å². The molecular weight excluding hydrogens is 292 g/mol. The number of allylic oxidation sites excluding steroid dienone is 2. The molecule has 1 saturated heterocycles. The lowest BCUT2D eigenvalue weighted by molar-refractivity contribution is 0.0683. The Morgan fingerprint density at radius 2 is 2.32 bits per heavy atom. The van der Waals surface area contributed by atoms with Crippen molar-refractivity contribution in [1.29, 1.82) is 0 Å². The fraction of sp³-hybridized carbons (Fsp3) is 0.500. The molecule has 0 bridgehead atoms. The van der Waals surface area contributed by atoms with Crippen molar-refractivity contribution in [1.82, 2.24) is 9.88 Å². The lowest BCUT2D eigenvalue weighted by Crippen LogP contribution is -2.43. The van der Waals surface area contributed by atoms with Crippen LogP contribution in [0.4, 0.5) is 0 Å². The smallest absolute Gasteiger partial charge is 0.209 e. The van der Waals surface area contributed by atoms with E-state index in [0.717, 1.165) is 23.1 Å². The highest BCUT2D eigenvalue weighted by molar-refractivity contribution is 7.13. The summed E-state index contributed by atoms with van der Waals surface area (Å²) in [6.45, 7) is 3.20. The summed E-state index contributed by atoms with van der Waals surface area (Å²) in [4.78, 5) is 8.18. The molecule has 0 radical (unpaired) electrons. The molecule has 3 heterocycles. The Balaban J connectivity index is 1.44. The summed E-state index contributed by atoms with van der Waals surface area (Å²) in [5.41, 5.74) is 0.510. The van der Waals surface area contributed by atoms with E-state index in [1.54, 1.807) is 11.3 Å². The van der Waals surface area contributed by atoms with Crippen LogP contribution in [-0.2, 0) is 6.54 Å². The number of likely N-dealkylation sites (tertiary alicyclic amines) is 1. The number of oxazole rings is 1. The standard InChI is InChI=1S/C18H22N2OS/c1-2-7-18(8-3-1)9-5-10-20(14-18)13-17-19-12-15(21-17)16-6-4-11-22-16/h1-2,4,6,11-12H,3,5,7-10,13-14H2/t18-/m0/s1. The second kappa shape index (κ2) is 6.01. The minimum absolute atomic E-state index is 0.510. The zero-order valence-corrected chi connectivity index (χ0v) is 13.6. The van der Waals surface area contributed by atoms with Gasteiger partial charge in [0, 0.05) is 6.54 Å². The normalized spacial score (nSPS) is 25.8. The molecular formula is C18H22N2OS. The van der Waals surface area contributed by atoms with Crippen LogP contribution in [0.2, 0.25) is 0 Å². The van der Waals surface area contributed by atoms with Crippen LogP contribution in [0.25, 0.3) is 10.6 Å². The predicted octanol–water partition coefficient (Wildman–Crippen LogP) is 4.73. The molecule has 2 aliphatic rings. The number of aromatic nitrogens is 1. The van der Waals surface area contributed by atoms with E-state index in [0.29, 0.717) is 5.41 Å². The monoisotopic (exact) mass is 314 g/mol. The number of piperidine rings is 1. The highest BCUT2D eigenvalue weighted by Crippen LogP contribution is 2.41. The van der Waals surface area contributed by atoms with Crippen LogP contribution in [0.1, 0.15) is 38.0 Å². The summed E-state index contributed by atoms with van der Waals surface area (Å²) < 4.78 is 5.95. The van der Waals surface area contributed by atoms with Crippen LogP contribution in [0.3, 0.4) is 0 Å². The van der Waals surface area contributed by atoms with Crippen molar-refractivity contribution in [2.24, 2.45) is 5.41 Å². The first-order valence-corrected chi connectivity index (χ1v) is 9.07. The summed E-state index contributed by atoms with van der Waals surface area (Å²) in [5, 5.41) is 2.07. The van der Waals surface area contributed by atoms with E-state index in [-0.39, 0.29) is 0 Å². The molecule has 3 nitrogen and oxygen atoms in total. The van der Waals surface area contributed by atoms with Crippen molar-refractivity contribution in [3.05, 3.63) is 41.8 Å². The fourth-order valence-electron chi connectivity index (χ4n) is 3.87. The van der Waals surface area contributed by atoms with Crippen LogP contribution < -0.4 is 0 Å². The summed E-state index contributed by atoms with van der Waals surface area (Å²) >= 11 is 1.70. The van der Waals surface area contributed by atoms with Gasteiger partial charge < -0.3 is 4.42 Å². The van der Waals surface area contributed by atoms with Crippen LogP contribution in [0, 0.1) is 5.41 Å². The molecule has 2 aromatic rings. The van der Waals surface area contributed by atoms with E-state index in [1.807, 2.05) is 12.3 Å². The Labute approximate surface area is 135 Å². The third kappa shape index (κ3) is 2.90. The lowest BCUT2D eigenvalue weighted by atomic mass is 9.71. The second-order valence-corrected chi connectivity index (χ2v) is 7.57. The number of nitrogens with zero attached hydrogens (tertiary/aromatic N) is 2. The molecule has 116 valence electrons. The van der Waals surface area contributed by atoms with Crippen LogP contribution in [-0.4, -0.2) is 23.0 Å². The molecule has 22 heavy (non-hydrogen) atoms. The minimum Gasteiger partial charge on any atom is -0.438 e. The zero-order valence-electron chi connectivity index (χ0n) is 12.8. The van der Waals surface area contributed by atoms with Gasteiger partial charge in [0.1, 0.15) is 0 Å². The van der Waals surface area contributed by atoms with Crippen molar-refractivity contribution < 1.29 is 4.42 Å². The van der Waals surface area contributed by atoms with Gasteiger partial charge in [0.25, 0.3) is 0 Å². The second-order valence-electron chi connectivity index (χ2n) is 6.62. The Bertz CT molecular complexity index is 646. The van der Waals surface area contributed by atoms with Crippen LogP contribution >= 0.6 is 11.3 Å². The Morgan fingerprint density at radius 1 is 1.32 bits per heavy atom. The van der Waals surface area contributed by atoms with Crippen molar-refractivity contribution in [3.63, 3.8) is 0 Å². The topological polar surface area (TPSA) is 29.3 Å². The zero-order chi connectivity index (χ0) is 14.8. The van der Waals surface area contributed by atoms with Crippen molar-refractivity contribution in [2.45, 2.75) is 38.6 Å². The van der Waals surface area contributed by atoms with E-state index in [9.17, 15) is 0 Å². The van der Waals surface area contributed by atoms with Crippen molar-refractivity contribution in [3.8, 4) is 10.6 Å². The van der Waals surface area contributed by atoms with E-state index < -0.39 is 0 Å². The lowest BCUT2D eigenvalue weighted by Gasteiger charge is -2.43. The molecule has 4 rings (SSSR count). The average molecular weight is 314 g/mol. The molecule has 0 aromatic carbocycles. The van der Waals surface area contributed by atoms with Gasteiger partial charge in [-0.2, -0.15) is 0 Å². The van der Waals surface area contributed by atoms with Gasteiger partial charge in [0.15, 0.2) is 5.76 Å². The third-order valence-electron chi connectivity index (χ3n) is 4.98.